The lowest BCUT2D eigenvalue weighted by molar-refractivity contribution is -0.0987. The third kappa shape index (κ3) is 3.84. The van der Waals surface area contributed by atoms with Crippen LogP contribution in [0, 0.1) is 6.54 Å². The Kier molecular flexibility index (Phi) is 3.30. The van der Waals surface area contributed by atoms with Crippen LogP contribution in [-0.2, 0) is 10.0 Å². The summed E-state index contributed by atoms with van der Waals surface area (Å²) in [4.78, 5) is 3.15. The molecule has 83 valence electrons. The molecule has 1 aromatic heterocycles. The smallest absolute Gasteiger partial charge is 0.263 e. The Labute approximate surface area is 84.2 Å². The second-order valence-electron chi connectivity index (χ2n) is 2.50. The summed E-state index contributed by atoms with van der Waals surface area (Å²) < 4.78 is 58.8. The standard InChI is InChI=1S/C7H6F3N2O2S/c8-7(9,10)5-12-15(13,14)6-2-1-3-11-4-6/h1-5,12H. The molecular formula is C7H6F3N2O2S. The highest BCUT2D eigenvalue weighted by Gasteiger charge is 2.30. The van der Waals surface area contributed by atoms with Gasteiger partial charge in [-0.25, -0.2) is 8.42 Å². The minimum absolute atomic E-state index is 0.328. The number of sulfonamides is 1. The van der Waals surface area contributed by atoms with E-state index in [0.29, 0.717) is 0 Å². The van der Waals surface area contributed by atoms with Crippen LogP contribution < -0.4 is 4.72 Å². The molecule has 0 amide bonds. The van der Waals surface area contributed by atoms with Crippen molar-refractivity contribution in [3.8, 4) is 0 Å². The second kappa shape index (κ2) is 4.15. The van der Waals surface area contributed by atoms with Gasteiger partial charge in [0.05, 0.1) is 0 Å². The van der Waals surface area contributed by atoms with Crippen molar-refractivity contribution >= 4 is 10.0 Å². The van der Waals surface area contributed by atoms with E-state index < -0.39 is 22.7 Å². The lowest BCUT2D eigenvalue weighted by Crippen LogP contribution is -2.28. The average molecular weight is 239 g/mol. The lowest BCUT2D eigenvalue weighted by Gasteiger charge is -2.07. The van der Waals surface area contributed by atoms with Crippen molar-refractivity contribution in [2.24, 2.45) is 0 Å². The van der Waals surface area contributed by atoms with Crippen molar-refractivity contribution in [2.45, 2.75) is 11.1 Å². The Morgan fingerprint density at radius 1 is 1.40 bits per heavy atom. The molecule has 0 unspecified atom stereocenters. The van der Waals surface area contributed by atoms with Gasteiger partial charge in [0.2, 0.25) is 10.0 Å². The quantitative estimate of drug-likeness (QED) is 0.858. The monoisotopic (exact) mass is 239 g/mol. The molecule has 0 aliphatic heterocycles. The van der Waals surface area contributed by atoms with Crippen molar-refractivity contribution in [2.75, 3.05) is 0 Å². The SMILES string of the molecule is O=S(=O)(N[CH]C(F)(F)F)c1cccnc1. The molecule has 8 heteroatoms. The van der Waals surface area contributed by atoms with Crippen molar-refractivity contribution in [1.82, 2.24) is 9.71 Å². The van der Waals surface area contributed by atoms with Crippen molar-refractivity contribution in [1.29, 1.82) is 0 Å². The second-order valence-corrected chi connectivity index (χ2v) is 4.21. The van der Waals surface area contributed by atoms with Gasteiger partial charge in [0.25, 0.3) is 0 Å². The van der Waals surface area contributed by atoms with Gasteiger partial charge in [0, 0.05) is 12.4 Å². The summed E-state index contributed by atoms with van der Waals surface area (Å²) in [6, 6.07) is 2.45. The number of hydrogen-bond donors (Lipinski definition) is 1. The van der Waals surface area contributed by atoms with E-state index >= 15 is 0 Å². The van der Waals surface area contributed by atoms with Gasteiger partial charge in [0.1, 0.15) is 11.4 Å². The van der Waals surface area contributed by atoms with Crippen LogP contribution in [0.15, 0.2) is 29.4 Å². The molecule has 1 N–H and O–H groups in total. The molecule has 0 saturated carbocycles. The van der Waals surface area contributed by atoms with Gasteiger partial charge < -0.3 is 0 Å². The third-order valence-corrected chi connectivity index (χ3v) is 2.61. The van der Waals surface area contributed by atoms with Crippen LogP contribution in [0.25, 0.3) is 0 Å². The number of nitrogens with zero attached hydrogens (tertiary/aromatic N) is 1. The van der Waals surface area contributed by atoms with Crippen molar-refractivity contribution < 1.29 is 21.6 Å². The molecule has 4 nitrogen and oxygen atoms in total. The van der Waals surface area contributed by atoms with Gasteiger partial charge in [-0.3, -0.25) is 4.98 Å². The fraction of sp³-hybridized carbons (Fsp3) is 0.143. The zero-order chi connectivity index (χ0) is 11.5. The first-order chi connectivity index (χ1) is 6.81. The summed E-state index contributed by atoms with van der Waals surface area (Å²) in [7, 11) is -4.18. The normalized spacial score (nSPS) is 12.7. The number of hydrogen-bond acceptors (Lipinski definition) is 3. The van der Waals surface area contributed by atoms with E-state index in [1.165, 1.54) is 17.0 Å². The highest BCUT2D eigenvalue weighted by atomic mass is 32.2. The van der Waals surface area contributed by atoms with Gasteiger partial charge in [-0.15, -0.1) is 0 Å². The average Bonchev–Trinajstić information content (AvgIpc) is 2.16. The number of halogens is 3. The molecule has 0 fully saturated rings. The van der Waals surface area contributed by atoms with E-state index in [0.717, 1.165) is 12.3 Å². The third-order valence-electron chi connectivity index (χ3n) is 1.32. The van der Waals surface area contributed by atoms with Gasteiger partial charge in [0.15, 0.2) is 0 Å². The number of alkyl halides is 3. The van der Waals surface area contributed by atoms with E-state index in [1.807, 2.05) is 0 Å². The summed E-state index contributed by atoms with van der Waals surface area (Å²) in [5.41, 5.74) is 0. The number of rotatable bonds is 3. The Hall–Kier alpha value is -1.15. The molecule has 0 aliphatic carbocycles. The molecule has 15 heavy (non-hydrogen) atoms. The molecule has 0 bridgehead atoms. The van der Waals surface area contributed by atoms with Crippen LogP contribution >= 0.6 is 0 Å². The number of aromatic nitrogens is 1. The molecule has 0 atom stereocenters. The summed E-state index contributed by atoms with van der Waals surface area (Å²) >= 11 is 0. The zero-order valence-electron chi connectivity index (χ0n) is 7.19. The van der Waals surface area contributed by atoms with E-state index in [-0.39, 0.29) is 4.90 Å². The van der Waals surface area contributed by atoms with Gasteiger partial charge in [-0.05, 0) is 12.1 Å². The van der Waals surface area contributed by atoms with Crippen LogP contribution in [0.4, 0.5) is 13.2 Å². The zero-order valence-corrected chi connectivity index (χ0v) is 8.01. The Balaban J connectivity index is 2.78. The van der Waals surface area contributed by atoms with Crippen molar-refractivity contribution in [3.05, 3.63) is 31.1 Å². The summed E-state index contributed by atoms with van der Waals surface area (Å²) in [5, 5.41) is 0. The number of pyridine rings is 1. The van der Waals surface area contributed by atoms with E-state index in [4.69, 9.17) is 0 Å². The molecule has 0 aromatic carbocycles. The number of nitrogens with one attached hydrogen (secondary N) is 1. The minimum atomic E-state index is -4.70. The molecule has 1 rings (SSSR count). The van der Waals surface area contributed by atoms with E-state index in [2.05, 4.69) is 4.98 Å². The van der Waals surface area contributed by atoms with Gasteiger partial charge in [-0.2, -0.15) is 17.9 Å². The predicted octanol–water partition coefficient (Wildman–Crippen LogP) is 1.08. The first-order valence-corrected chi connectivity index (χ1v) is 5.13. The molecule has 1 heterocycles. The minimum Gasteiger partial charge on any atom is -0.263 e. The van der Waals surface area contributed by atoms with Crippen LogP contribution in [0.5, 0.6) is 0 Å². The predicted molar refractivity (Wildman–Crippen MR) is 44.9 cm³/mol. The fourth-order valence-electron chi connectivity index (χ4n) is 0.718. The first kappa shape index (κ1) is 11.9. The van der Waals surface area contributed by atoms with Gasteiger partial charge in [-0.1, -0.05) is 0 Å². The fourth-order valence-corrected chi connectivity index (χ4v) is 1.60. The highest BCUT2D eigenvalue weighted by Crippen LogP contribution is 2.18. The van der Waals surface area contributed by atoms with Crippen LogP contribution in [-0.4, -0.2) is 19.6 Å². The topological polar surface area (TPSA) is 59.1 Å². The largest absolute Gasteiger partial charge is 0.406 e. The van der Waals surface area contributed by atoms with E-state index in [1.54, 1.807) is 0 Å². The van der Waals surface area contributed by atoms with E-state index in [9.17, 15) is 21.6 Å². The van der Waals surface area contributed by atoms with Crippen molar-refractivity contribution in [3.63, 3.8) is 0 Å². The van der Waals surface area contributed by atoms with Crippen LogP contribution in [0.3, 0.4) is 0 Å². The van der Waals surface area contributed by atoms with Gasteiger partial charge >= 0.3 is 6.18 Å². The molecule has 0 spiro atoms. The highest BCUT2D eigenvalue weighted by molar-refractivity contribution is 7.89. The molecule has 1 radical (unpaired) electrons. The lowest BCUT2D eigenvalue weighted by atomic mass is 10.5. The summed E-state index contributed by atoms with van der Waals surface area (Å²) in [6.45, 7) is -0.449. The maximum atomic E-state index is 11.7. The van der Waals surface area contributed by atoms with Crippen LogP contribution in [0.2, 0.25) is 0 Å². The Morgan fingerprint density at radius 2 is 2.07 bits per heavy atom. The van der Waals surface area contributed by atoms with Crippen LogP contribution in [0.1, 0.15) is 0 Å². The maximum absolute atomic E-state index is 11.7. The summed E-state index contributed by atoms with van der Waals surface area (Å²) in [6.07, 6.45) is -2.44. The Bertz CT molecular complexity index is 416. The summed E-state index contributed by atoms with van der Waals surface area (Å²) in [5.74, 6) is 0. The molecule has 0 saturated heterocycles. The Morgan fingerprint density at radius 3 is 2.53 bits per heavy atom. The molecular weight excluding hydrogens is 233 g/mol. The first-order valence-electron chi connectivity index (χ1n) is 3.65. The molecule has 0 aliphatic rings. The molecule has 1 aromatic rings. The maximum Gasteiger partial charge on any atom is 0.406 e.